The number of nitrogens with zero attached hydrogens (tertiary/aromatic N) is 1. The summed E-state index contributed by atoms with van der Waals surface area (Å²) in [6.45, 7) is 6.58. The minimum Gasteiger partial charge on any atom is -0.253 e. The van der Waals surface area contributed by atoms with Crippen LogP contribution in [0.15, 0.2) is 30.3 Å². The standard InChI is InChI=1S/C14H17N/c1-4-11-9-14(10(2)3)15-13-8-6-5-7-12(11)13/h5-10H,4H2,1-3H3. The molecule has 0 aliphatic heterocycles. The van der Waals surface area contributed by atoms with Gasteiger partial charge in [-0.1, -0.05) is 39.0 Å². The van der Waals surface area contributed by atoms with Crippen molar-refractivity contribution in [2.24, 2.45) is 0 Å². The lowest BCUT2D eigenvalue weighted by atomic mass is 10.0. The van der Waals surface area contributed by atoms with E-state index >= 15 is 0 Å². The van der Waals surface area contributed by atoms with Crippen molar-refractivity contribution < 1.29 is 0 Å². The molecule has 0 aliphatic carbocycles. The highest BCUT2D eigenvalue weighted by atomic mass is 14.7. The van der Waals surface area contributed by atoms with Gasteiger partial charge in [0.1, 0.15) is 0 Å². The van der Waals surface area contributed by atoms with Crippen LogP contribution in [0.1, 0.15) is 37.9 Å². The monoisotopic (exact) mass is 199 g/mol. The summed E-state index contributed by atoms with van der Waals surface area (Å²) in [7, 11) is 0. The molecule has 1 heterocycles. The molecule has 0 bridgehead atoms. The molecule has 2 aromatic rings. The Labute approximate surface area is 91.2 Å². The van der Waals surface area contributed by atoms with Crippen molar-refractivity contribution in [1.82, 2.24) is 4.98 Å². The van der Waals surface area contributed by atoms with Crippen LogP contribution in [0.2, 0.25) is 0 Å². The molecule has 0 fully saturated rings. The molecule has 2 rings (SSSR count). The number of hydrogen-bond acceptors (Lipinski definition) is 1. The summed E-state index contributed by atoms with van der Waals surface area (Å²) in [5.74, 6) is 0.500. The fraction of sp³-hybridized carbons (Fsp3) is 0.357. The molecule has 0 saturated carbocycles. The van der Waals surface area contributed by atoms with Gasteiger partial charge in [0, 0.05) is 11.1 Å². The molecule has 1 aromatic carbocycles. The molecule has 0 atom stereocenters. The molecule has 0 spiro atoms. The fourth-order valence-electron chi connectivity index (χ4n) is 1.86. The first-order valence-electron chi connectivity index (χ1n) is 5.61. The van der Waals surface area contributed by atoms with E-state index in [1.807, 2.05) is 0 Å². The second-order valence-electron chi connectivity index (χ2n) is 4.23. The van der Waals surface area contributed by atoms with Gasteiger partial charge in [0.15, 0.2) is 0 Å². The van der Waals surface area contributed by atoms with E-state index in [1.165, 1.54) is 16.6 Å². The Morgan fingerprint density at radius 3 is 2.60 bits per heavy atom. The highest BCUT2D eigenvalue weighted by Gasteiger charge is 2.06. The molecule has 1 aromatic heterocycles. The normalized spacial score (nSPS) is 11.2. The number of benzene rings is 1. The Bertz CT molecular complexity index is 472. The molecule has 15 heavy (non-hydrogen) atoms. The predicted molar refractivity (Wildman–Crippen MR) is 65.2 cm³/mol. The van der Waals surface area contributed by atoms with Crippen LogP contribution in [-0.2, 0) is 6.42 Å². The molecule has 78 valence electrons. The van der Waals surface area contributed by atoms with Crippen molar-refractivity contribution in [2.45, 2.75) is 33.1 Å². The summed E-state index contributed by atoms with van der Waals surface area (Å²) in [6, 6.07) is 10.6. The van der Waals surface area contributed by atoms with Gasteiger partial charge < -0.3 is 0 Å². The van der Waals surface area contributed by atoms with Gasteiger partial charge in [-0.3, -0.25) is 4.98 Å². The van der Waals surface area contributed by atoms with Crippen LogP contribution in [0.5, 0.6) is 0 Å². The van der Waals surface area contributed by atoms with E-state index in [0.717, 1.165) is 11.9 Å². The first kappa shape index (κ1) is 10.2. The Morgan fingerprint density at radius 2 is 1.93 bits per heavy atom. The number of fused-ring (bicyclic) bond motifs is 1. The molecule has 0 unspecified atom stereocenters. The second kappa shape index (κ2) is 4.01. The molecule has 1 heteroatoms. The lowest BCUT2D eigenvalue weighted by molar-refractivity contribution is 0.826. The van der Waals surface area contributed by atoms with Crippen LogP contribution in [0, 0.1) is 0 Å². The fourth-order valence-corrected chi connectivity index (χ4v) is 1.86. The third-order valence-corrected chi connectivity index (χ3v) is 2.79. The molecular formula is C14H17N. The zero-order valence-electron chi connectivity index (χ0n) is 9.62. The maximum absolute atomic E-state index is 4.68. The number of rotatable bonds is 2. The Kier molecular flexibility index (Phi) is 2.72. The van der Waals surface area contributed by atoms with Gasteiger partial charge in [-0.05, 0) is 30.0 Å². The second-order valence-corrected chi connectivity index (χ2v) is 4.23. The minimum atomic E-state index is 0.500. The molecular weight excluding hydrogens is 182 g/mol. The van der Waals surface area contributed by atoms with Crippen molar-refractivity contribution >= 4 is 10.9 Å². The van der Waals surface area contributed by atoms with E-state index in [1.54, 1.807) is 0 Å². The minimum absolute atomic E-state index is 0.500. The van der Waals surface area contributed by atoms with Crippen LogP contribution < -0.4 is 0 Å². The SMILES string of the molecule is CCc1cc(C(C)C)nc2ccccc12. The average molecular weight is 199 g/mol. The van der Waals surface area contributed by atoms with Crippen molar-refractivity contribution in [1.29, 1.82) is 0 Å². The summed E-state index contributed by atoms with van der Waals surface area (Å²) in [5.41, 5.74) is 3.73. The Morgan fingerprint density at radius 1 is 1.20 bits per heavy atom. The van der Waals surface area contributed by atoms with Crippen molar-refractivity contribution in [2.75, 3.05) is 0 Å². The smallest absolute Gasteiger partial charge is 0.0708 e. The van der Waals surface area contributed by atoms with Crippen LogP contribution in [0.4, 0.5) is 0 Å². The summed E-state index contributed by atoms with van der Waals surface area (Å²) < 4.78 is 0. The summed E-state index contributed by atoms with van der Waals surface area (Å²) in [5, 5.41) is 1.30. The highest BCUT2D eigenvalue weighted by molar-refractivity contribution is 5.82. The number of para-hydroxylation sites is 1. The predicted octanol–water partition coefficient (Wildman–Crippen LogP) is 3.92. The van der Waals surface area contributed by atoms with Gasteiger partial charge in [0.05, 0.1) is 5.52 Å². The lowest BCUT2D eigenvalue weighted by Gasteiger charge is -2.10. The molecule has 0 radical (unpaired) electrons. The van der Waals surface area contributed by atoms with E-state index in [-0.39, 0.29) is 0 Å². The quantitative estimate of drug-likeness (QED) is 0.714. The highest BCUT2D eigenvalue weighted by Crippen LogP contribution is 2.22. The van der Waals surface area contributed by atoms with E-state index < -0.39 is 0 Å². The van der Waals surface area contributed by atoms with E-state index in [9.17, 15) is 0 Å². The lowest BCUT2D eigenvalue weighted by Crippen LogP contribution is -1.96. The van der Waals surface area contributed by atoms with Crippen molar-refractivity contribution in [3.05, 3.63) is 41.6 Å². The van der Waals surface area contributed by atoms with Crippen molar-refractivity contribution in [3.63, 3.8) is 0 Å². The van der Waals surface area contributed by atoms with Gasteiger partial charge in [-0.25, -0.2) is 0 Å². The van der Waals surface area contributed by atoms with E-state index in [0.29, 0.717) is 5.92 Å². The van der Waals surface area contributed by atoms with E-state index in [2.05, 4.69) is 56.1 Å². The maximum atomic E-state index is 4.68. The van der Waals surface area contributed by atoms with E-state index in [4.69, 9.17) is 0 Å². The number of aryl methyl sites for hydroxylation is 1. The van der Waals surface area contributed by atoms with Crippen LogP contribution >= 0.6 is 0 Å². The maximum Gasteiger partial charge on any atom is 0.0708 e. The van der Waals surface area contributed by atoms with Crippen LogP contribution in [0.25, 0.3) is 10.9 Å². The largest absolute Gasteiger partial charge is 0.253 e. The third-order valence-electron chi connectivity index (χ3n) is 2.79. The summed E-state index contributed by atoms with van der Waals surface area (Å²) >= 11 is 0. The molecule has 0 saturated heterocycles. The molecule has 1 nitrogen and oxygen atoms in total. The third kappa shape index (κ3) is 1.87. The number of pyridine rings is 1. The van der Waals surface area contributed by atoms with Crippen LogP contribution in [0.3, 0.4) is 0 Å². The van der Waals surface area contributed by atoms with Gasteiger partial charge in [-0.15, -0.1) is 0 Å². The summed E-state index contributed by atoms with van der Waals surface area (Å²) in [4.78, 5) is 4.68. The van der Waals surface area contributed by atoms with Gasteiger partial charge >= 0.3 is 0 Å². The Balaban J connectivity index is 2.71. The Hall–Kier alpha value is -1.37. The average Bonchev–Trinajstić information content (AvgIpc) is 2.27. The first-order chi connectivity index (χ1) is 7.22. The zero-order valence-corrected chi connectivity index (χ0v) is 9.62. The molecule has 0 aliphatic rings. The molecule has 0 N–H and O–H groups in total. The number of aromatic nitrogens is 1. The topological polar surface area (TPSA) is 12.9 Å². The zero-order chi connectivity index (χ0) is 10.8. The summed E-state index contributed by atoms with van der Waals surface area (Å²) in [6.07, 6.45) is 1.07. The first-order valence-corrected chi connectivity index (χ1v) is 5.61. The molecule has 0 amide bonds. The van der Waals surface area contributed by atoms with Gasteiger partial charge in [0.2, 0.25) is 0 Å². The van der Waals surface area contributed by atoms with Gasteiger partial charge in [0.25, 0.3) is 0 Å². The van der Waals surface area contributed by atoms with Crippen molar-refractivity contribution in [3.8, 4) is 0 Å². The van der Waals surface area contributed by atoms with Gasteiger partial charge in [-0.2, -0.15) is 0 Å². The number of hydrogen-bond donors (Lipinski definition) is 0. The van der Waals surface area contributed by atoms with Crippen LogP contribution in [-0.4, -0.2) is 4.98 Å².